The summed E-state index contributed by atoms with van der Waals surface area (Å²) < 4.78 is 10.7. The van der Waals surface area contributed by atoms with E-state index in [1.165, 1.54) is 19.3 Å². The number of hydrogen-bond acceptors (Lipinski definition) is 4. The molecular weight excluding hydrogens is 254 g/mol. The van der Waals surface area contributed by atoms with Crippen LogP contribution in [0.1, 0.15) is 26.2 Å². The fraction of sp³-hybridized carbons (Fsp3) is 0.625. The van der Waals surface area contributed by atoms with Crippen LogP contribution in [-0.4, -0.2) is 37.5 Å². The molecule has 1 fully saturated rings. The van der Waals surface area contributed by atoms with E-state index < -0.39 is 6.10 Å². The average Bonchev–Trinajstić information content (AvgIpc) is 2.88. The van der Waals surface area contributed by atoms with Crippen LogP contribution in [-0.2, 0) is 0 Å². The van der Waals surface area contributed by atoms with E-state index in [9.17, 15) is 5.11 Å². The molecule has 2 rings (SSSR count). The minimum Gasteiger partial charge on any atom is -0.497 e. The summed E-state index contributed by atoms with van der Waals surface area (Å²) in [5, 5.41) is 13.4. The normalized spacial score (nSPS) is 23.6. The maximum atomic E-state index is 9.96. The van der Waals surface area contributed by atoms with E-state index in [4.69, 9.17) is 9.47 Å². The van der Waals surface area contributed by atoms with Crippen LogP contribution in [0.2, 0.25) is 0 Å². The van der Waals surface area contributed by atoms with Gasteiger partial charge in [-0.2, -0.15) is 0 Å². The van der Waals surface area contributed by atoms with Gasteiger partial charge < -0.3 is 19.9 Å². The van der Waals surface area contributed by atoms with Gasteiger partial charge in [-0.05, 0) is 30.9 Å². The van der Waals surface area contributed by atoms with E-state index in [1.54, 1.807) is 7.11 Å². The zero-order chi connectivity index (χ0) is 14.4. The monoisotopic (exact) mass is 279 g/mol. The number of benzene rings is 1. The minimum atomic E-state index is -0.492. The Morgan fingerprint density at radius 1 is 1.35 bits per heavy atom. The Labute approximate surface area is 121 Å². The fourth-order valence-electron chi connectivity index (χ4n) is 2.68. The summed E-state index contributed by atoms with van der Waals surface area (Å²) >= 11 is 0. The second-order valence-corrected chi connectivity index (χ2v) is 5.57. The van der Waals surface area contributed by atoms with Crippen molar-refractivity contribution >= 4 is 0 Å². The van der Waals surface area contributed by atoms with Crippen molar-refractivity contribution in [3.63, 3.8) is 0 Å². The first-order valence-electron chi connectivity index (χ1n) is 7.37. The van der Waals surface area contributed by atoms with Crippen molar-refractivity contribution in [1.82, 2.24) is 5.32 Å². The molecule has 20 heavy (non-hydrogen) atoms. The Kier molecular flexibility index (Phi) is 5.68. The molecule has 2 N–H and O–H groups in total. The molecule has 0 amide bonds. The number of ether oxygens (including phenoxy) is 2. The van der Waals surface area contributed by atoms with Gasteiger partial charge in [0.15, 0.2) is 0 Å². The molecular formula is C16H25NO3. The molecule has 0 heterocycles. The van der Waals surface area contributed by atoms with Gasteiger partial charge in [-0.25, -0.2) is 0 Å². The molecule has 0 aromatic heterocycles. The van der Waals surface area contributed by atoms with Crippen LogP contribution < -0.4 is 14.8 Å². The van der Waals surface area contributed by atoms with E-state index in [1.807, 2.05) is 24.3 Å². The van der Waals surface area contributed by atoms with Gasteiger partial charge in [-0.15, -0.1) is 0 Å². The third-order valence-electron chi connectivity index (χ3n) is 3.96. The molecule has 3 unspecified atom stereocenters. The van der Waals surface area contributed by atoms with Gasteiger partial charge in [0.25, 0.3) is 0 Å². The number of nitrogens with one attached hydrogen (secondary N) is 1. The first-order valence-corrected chi connectivity index (χ1v) is 7.37. The minimum absolute atomic E-state index is 0.293. The molecule has 112 valence electrons. The van der Waals surface area contributed by atoms with E-state index >= 15 is 0 Å². The molecule has 0 radical (unpaired) electrons. The number of hydrogen-bond donors (Lipinski definition) is 2. The summed E-state index contributed by atoms with van der Waals surface area (Å²) in [5.74, 6) is 2.19. The molecule has 0 bridgehead atoms. The maximum Gasteiger partial charge on any atom is 0.123 e. The Morgan fingerprint density at radius 2 is 2.15 bits per heavy atom. The summed E-state index contributed by atoms with van der Waals surface area (Å²) in [6, 6.07) is 7.97. The topological polar surface area (TPSA) is 50.7 Å². The van der Waals surface area contributed by atoms with E-state index in [2.05, 4.69) is 12.2 Å². The molecule has 1 aliphatic carbocycles. The number of rotatable bonds is 7. The zero-order valence-corrected chi connectivity index (χ0v) is 12.3. The van der Waals surface area contributed by atoms with E-state index in [0.717, 1.165) is 11.5 Å². The third kappa shape index (κ3) is 4.39. The predicted octanol–water partition coefficient (Wildman–Crippen LogP) is 2.21. The van der Waals surface area contributed by atoms with Crippen LogP contribution >= 0.6 is 0 Å². The Morgan fingerprint density at radius 3 is 2.85 bits per heavy atom. The summed E-state index contributed by atoms with van der Waals surface area (Å²) in [4.78, 5) is 0. The van der Waals surface area contributed by atoms with Crippen molar-refractivity contribution in [2.75, 3.05) is 20.3 Å². The van der Waals surface area contributed by atoms with Gasteiger partial charge in [0.05, 0.1) is 7.11 Å². The second kappa shape index (κ2) is 7.50. The highest BCUT2D eigenvalue weighted by Gasteiger charge is 2.23. The van der Waals surface area contributed by atoms with Gasteiger partial charge in [0.2, 0.25) is 0 Å². The molecule has 1 aromatic rings. The van der Waals surface area contributed by atoms with Crippen LogP contribution in [0.5, 0.6) is 11.5 Å². The lowest BCUT2D eigenvalue weighted by Crippen LogP contribution is -2.39. The Hall–Kier alpha value is -1.26. The largest absolute Gasteiger partial charge is 0.497 e. The van der Waals surface area contributed by atoms with Crippen LogP contribution in [0, 0.1) is 5.92 Å². The van der Waals surface area contributed by atoms with Gasteiger partial charge in [-0.1, -0.05) is 19.4 Å². The number of methoxy groups -OCH3 is 1. The molecule has 1 saturated carbocycles. The van der Waals surface area contributed by atoms with Gasteiger partial charge in [0.1, 0.15) is 24.2 Å². The van der Waals surface area contributed by atoms with E-state index in [0.29, 0.717) is 25.1 Å². The summed E-state index contributed by atoms with van der Waals surface area (Å²) in [5.41, 5.74) is 0. The third-order valence-corrected chi connectivity index (χ3v) is 3.96. The lowest BCUT2D eigenvalue weighted by Gasteiger charge is -2.20. The lowest BCUT2D eigenvalue weighted by molar-refractivity contribution is 0.102. The zero-order valence-electron chi connectivity index (χ0n) is 12.3. The SMILES string of the molecule is COc1cccc(OCC(O)CNC2CCCC2C)c1. The predicted molar refractivity (Wildman–Crippen MR) is 79.3 cm³/mol. The van der Waals surface area contributed by atoms with Crippen LogP contribution in [0.4, 0.5) is 0 Å². The highest BCUT2D eigenvalue weighted by Crippen LogP contribution is 2.24. The van der Waals surface area contributed by atoms with Crippen LogP contribution in [0.3, 0.4) is 0 Å². The van der Waals surface area contributed by atoms with Crippen molar-refractivity contribution in [2.45, 2.75) is 38.3 Å². The summed E-state index contributed by atoms with van der Waals surface area (Å²) in [6.45, 7) is 3.14. The highest BCUT2D eigenvalue weighted by molar-refractivity contribution is 5.32. The lowest BCUT2D eigenvalue weighted by atomic mass is 10.1. The summed E-state index contributed by atoms with van der Waals surface area (Å²) in [7, 11) is 1.63. The molecule has 4 nitrogen and oxygen atoms in total. The Balaban J connectivity index is 1.70. The molecule has 0 saturated heterocycles. The van der Waals surface area contributed by atoms with Crippen LogP contribution in [0.15, 0.2) is 24.3 Å². The van der Waals surface area contributed by atoms with Gasteiger partial charge in [0, 0.05) is 18.7 Å². The first kappa shape index (κ1) is 15.1. The van der Waals surface area contributed by atoms with Crippen LogP contribution in [0.25, 0.3) is 0 Å². The molecule has 0 aliphatic heterocycles. The standard InChI is InChI=1S/C16H25NO3/c1-12-5-3-8-16(12)17-10-13(18)11-20-15-7-4-6-14(9-15)19-2/h4,6-7,9,12-13,16-18H,3,5,8,10-11H2,1-2H3. The smallest absolute Gasteiger partial charge is 0.123 e. The number of aliphatic hydroxyl groups is 1. The number of aliphatic hydroxyl groups excluding tert-OH is 1. The summed E-state index contributed by atoms with van der Waals surface area (Å²) in [6.07, 6.45) is 3.29. The molecule has 4 heteroatoms. The molecule has 1 aromatic carbocycles. The van der Waals surface area contributed by atoms with Crippen molar-refractivity contribution in [3.8, 4) is 11.5 Å². The van der Waals surface area contributed by atoms with E-state index in [-0.39, 0.29) is 0 Å². The van der Waals surface area contributed by atoms with Crippen molar-refractivity contribution in [1.29, 1.82) is 0 Å². The average molecular weight is 279 g/mol. The van der Waals surface area contributed by atoms with Gasteiger partial charge in [-0.3, -0.25) is 0 Å². The van der Waals surface area contributed by atoms with Crippen molar-refractivity contribution in [2.24, 2.45) is 5.92 Å². The molecule has 3 atom stereocenters. The first-order chi connectivity index (χ1) is 9.69. The van der Waals surface area contributed by atoms with Crippen molar-refractivity contribution in [3.05, 3.63) is 24.3 Å². The fourth-order valence-corrected chi connectivity index (χ4v) is 2.68. The second-order valence-electron chi connectivity index (χ2n) is 5.57. The Bertz CT molecular complexity index is 410. The molecule has 1 aliphatic rings. The molecule has 0 spiro atoms. The maximum absolute atomic E-state index is 9.96. The van der Waals surface area contributed by atoms with Crippen molar-refractivity contribution < 1.29 is 14.6 Å². The highest BCUT2D eigenvalue weighted by atomic mass is 16.5. The van der Waals surface area contributed by atoms with Gasteiger partial charge >= 0.3 is 0 Å². The quantitative estimate of drug-likeness (QED) is 0.803.